The van der Waals surface area contributed by atoms with E-state index in [9.17, 15) is 9.59 Å². The normalized spacial score (nSPS) is 17.2. The number of hydrogen-bond donors (Lipinski definition) is 2. The van der Waals surface area contributed by atoms with Gasteiger partial charge in [-0.15, -0.1) is 0 Å². The number of likely N-dealkylation sites (tertiary alicyclic amines) is 1. The van der Waals surface area contributed by atoms with Crippen LogP contribution >= 0.6 is 0 Å². The van der Waals surface area contributed by atoms with Crippen molar-refractivity contribution < 1.29 is 9.59 Å². The van der Waals surface area contributed by atoms with Gasteiger partial charge in [0.2, 0.25) is 6.41 Å². The Balaban J connectivity index is 1.90. The Kier molecular flexibility index (Phi) is 5.13. The largest absolute Gasteiger partial charge is 0.351 e. The summed E-state index contributed by atoms with van der Waals surface area (Å²) in [6, 6.07) is 1.64. The number of hydrogen-bond acceptors (Lipinski definition) is 4. The van der Waals surface area contributed by atoms with Gasteiger partial charge in [0.15, 0.2) is 0 Å². The molecule has 6 heteroatoms. The Morgan fingerprint density at radius 1 is 1.50 bits per heavy atom. The van der Waals surface area contributed by atoms with Gasteiger partial charge in [-0.3, -0.25) is 19.5 Å². The number of nitrogens with zero attached hydrogens (tertiary/aromatic N) is 2. The monoisotopic (exact) mass is 304 g/mol. The molecule has 1 aromatic rings. The molecular weight excluding hydrogens is 280 g/mol. The Hall–Kier alpha value is -1.95. The molecule has 2 heterocycles. The number of rotatable bonds is 6. The molecule has 2 amide bonds. The first-order valence-electron chi connectivity index (χ1n) is 7.64. The van der Waals surface area contributed by atoms with Gasteiger partial charge in [0.05, 0.1) is 16.9 Å². The first-order chi connectivity index (χ1) is 10.4. The summed E-state index contributed by atoms with van der Waals surface area (Å²) in [7, 11) is 0. The molecule has 0 aromatic carbocycles. The van der Waals surface area contributed by atoms with Crippen LogP contribution in [0.25, 0.3) is 0 Å². The first kappa shape index (κ1) is 16.4. The molecule has 2 rings (SSSR count). The van der Waals surface area contributed by atoms with Crippen LogP contribution in [0.4, 0.5) is 5.69 Å². The van der Waals surface area contributed by atoms with E-state index in [1.165, 1.54) is 19.0 Å². The third kappa shape index (κ3) is 3.82. The molecule has 1 saturated heterocycles. The Morgan fingerprint density at radius 3 is 2.91 bits per heavy atom. The zero-order chi connectivity index (χ0) is 16.2. The SMILES string of the molecule is Cc1ncc(C(=O)NCCN2CCCC2(C)C)cc1NC=O. The summed E-state index contributed by atoms with van der Waals surface area (Å²) >= 11 is 0. The molecule has 0 spiro atoms. The molecule has 1 aliphatic heterocycles. The van der Waals surface area contributed by atoms with Crippen LogP contribution in [0.3, 0.4) is 0 Å². The van der Waals surface area contributed by atoms with Crippen LogP contribution in [-0.2, 0) is 4.79 Å². The number of aromatic nitrogens is 1. The van der Waals surface area contributed by atoms with E-state index in [1.807, 2.05) is 0 Å². The fourth-order valence-corrected chi connectivity index (χ4v) is 2.85. The predicted molar refractivity (Wildman–Crippen MR) is 85.9 cm³/mol. The molecule has 0 aliphatic carbocycles. The standard InChI is InChI=1S/C16H24N4O2/c1-12-14(19-11-21)9-13(10-18-12)15(22)17-6-8-20-7-4-5-16(20,2)3/h9-11H,4-8H2,1-3H3,(H,17,22)(H,19,21). The molecule has 0 radical (unpaired) electrons. The summed E-state index contributed by atoms with van der Waals surface area (Å²) in [5.74, 6) is -0.168. The smallest absolute Gasteiger partial charge is 0.252 e. The van der Waals surface area contributed by atoms with Gasteiger partial charge in [0.25, 0.3) is 5.91 Å². The van der Waals surface area contributed by atoms with E-state index in [0.717, 1.165) is 13.1 Å². The van der Waals surface area contributed by atoms with Crippen LogP contribution < -0.4 is 10.6 Å². The molecule has 22 heavy (non-hydrogen) atoms. The Labute approximate surface area is 131 Å². The Bertz CT molecular complexity index is 557. The minimum absolute atomic E-state index is 0.168. The number of anilines is 1. The number of amides is 2. The van der Waals surface area contributed by atoms with Gasteiger partial charge < -0.3 is 10.6 Å². The van der Waals surface area contributed by atoms with Crippen molar-refractivity contribution in [3.63, 3.8) is 0 Å². The quantitative estimate of drug-likeness (QED) is 0.782. The van der Waals surface area contributed by atoms with Crippen molar-refractivity contribution in [3.8, 4) is 0 Å². The molecule has 120 valence electrons. The lowest BCUT2D eigenvalue weighted by atomic mass is 10.0. The maximum absolute atomic E-state index is 12.2. The minimum Gasteiger partial charge on any atom is -0.351 e. The lowest BCUT2D eigenvalue weighted by molar-refractivity contribution is -0.105. The fraction of sp³-hybridized carbons (Fsp3) is 0.562. The molecule has 0 bridgehead atoms. The van der Waals surface area contributed by atoms with Crippen molar-refractivity contribution >= 4 is 18.0 Å². The maximum Gasteiger partial charge on any atom is 0.252 e. The van der Waals surface area contributed by atoms with Gasteiger partial charge in [-0.05, 0) is 46.2 Å². The van der Waals surface area contributed by atoms with E-state index in [4.69, 9.17) is 0 Å². The highest BCUT2D eigenvalue weighted by Crippen LogP contribution is 2.27. The van der Waals surface area contributed by atoms with Crippen LogP contribution in [0.5, 0.6) is 0 Å². The second-order valence-electron chi connectivity index (χ2n) is 6.28. The van der Waals surface area contributed by atoms with Gasteiger partial charge in [-0.1, -0.05) is 0 Å². The second-order valence-corrected chi connectivity index (χ2v) is 6.28. The number of pyridine rings is 1. The predicted octanol–water partition coefficient (Wildman–Crippen LogP) is 1.56. The fourth-order valence-electron chi connectivity index (χ4n) is 2.85. The lowest BCUT2D eigenvalue weighted by Crippen LogP contribution is -2.43. The highest BCUT2D eigenvalue weighted by atomic mass is 16.1. The Morgan fingerprint density at radius 2 is 2.27 bits per heavy atom. The van der Waals surface area contributed by atoms with Crippen molar-refractivity contribution in [1.29, 1.82) is 0 Å². The average molecular weight is 304 g/mol. The van der Waals surface area contributed by atoms with Crippen LogP contribution in [0.15, 0.2) is 12.3 Å². The number of carbonyl (C=O) groups excluding carboxylic acids is 2. The molecule has 2 N–H and O–H groups in total. The first-order valence-corrected chi connectivity index (χ1v) is 7.64. The lowest BCUT2D eigenvalue weighted by Gasteiger charge is -2.31. The molecule has 0 atom stereocenters. The van der Waals surface area contributed by atoms with E-state index in [-0.39, 0.29) is 11.4 Å². The summed E-state index contributed by atoms with van der Waals surface area (Å²) in [4.78, 5) is 29.2. The summed E-state index contributed by atoms with van der Waals surface area (Å²) in [5.41, 5.74) is 1.92. The zero-order valence-corrected chi connectivity index (χ0v) is 13.5. The summed E-state index contributed by atoms with van der Waals surface area (Å²) in [6.07, 6.45) is 4.52. The van der Waals surface area contributed by atoms with Gasteiger partial charge >= 0.3 is 0 Å². The maximum atomic E-state index is 12.2. The molecule has 1 fully saturated rings. The van der Waals surface area contributed by atoms with Gasteiger partial charge in [-0.25, -0.2) is 0 Å². The highest BCUT2D eigenvalue weighted by molar-refractivity contribution is 5.95. The summed E-state index contributed by atoms with van der Waals surface area (Å²) in [6.45, 7) is 8.79. The molecule has 1 aromatic heterocycles. The topological polar surface area (TPSA) is 74.3 Å². The highest BCUT2D eigenvalue weighted by Gasteiger charge is 2.31. The van der Waals surface area contributed by atoms with E-state index in [0.29, 0.717) is 29.9 Å². The van der Waals surface area contributed by atoms with Crippen LogP contribution in [0.1, 0.15) is 42.7 Å². The van der Waals surface area contributed by atoms with Crippen LogP contribution in [0, 0.1) is 6.92 Å². The number of nitrogens with one attached hydrogen (secondary N) is 2. The van der Waals surface area contributed by atoms with E-state index in [2.05, 4.69) is 34.4 Å². The van der Waals surface area contributed by atoms with Crippen molar-refractivity contribution in [2.24, 2.45) is 0 Å². The van der Waals surface area contributed by atoms with Gasteiger partial charge in [0.1, 0.15) is 0 Å². The molecular formula is C16H24N4O2. The third-order valence-electron chi connectivity index (χ3n) is 4.30. The molecule has 0 saturated carbocycles. The number of aryl methyl sites for hydroxylation is 1. The number of carbonyl (C=O) groups is 2. The van der Waals surface area contributed by atoms with Crippen LogP contribution in [0.2, 0.25) is 0 Å². The zero-order valence-electron chi connectivity index (χ0n) is 13.5. The summed E-state index contributed by atoms with van der Waals surface area (Å²) < 4.78 is 0. The van der Waals surface area contributed by atoms with Crippen LogP contribution in [-0.4, -0.2) is 47.4 Å². The van der Waals surface area contributed by atoms with Crippen molar-refractivity contribution in [2.75, 3.05) is 25.0 Å². The second kappa shape index (κ2) is 6.87. The van der Waals surface area contributed by atoms with E-state index >= 15 is 0 Å². The molecule has 0 unspecified atom stereocenters. The van der Waals surface area contributed by atoms with Crippen molar-refractivity contribution in [2.45, 2.75) is 39.2 Å². The molecule has 1 aliphatic rings. The minimum atomic E-state index is -0.168. The van der Waals surface area contributed by atoms with Crippen molar-refractivity contribution in [3.05, 3.63) is 23.5 Å². The van der Waals surface area contributed by atoms with Gasteiger partial charge in [0, 0.05) is 24.8 Å². The van der Waals surface area contributed by atoms with Crippen molar-refractivity contribution in [1.82, 2.24) is 15.2 Å². The average Bonchev–Trinajstić information content (AvgIpc) is 2.80. The third-order valence-corrected chi connectivity index (χ3v) is 4.30. The summed E-state index contributed by atoms with van der Waals surface area (Å²) in [5, 5.41) is 5.47. The van der Waals surface area contributed by atoms with Gasteiger partial charge in [-0.2, -0.15) is 0 Å². The van der Waals surface area contributed by atoms with E-state index in [1.54, 1.807) is 13.0 Å². The van der Waals surface area contributed by atoms with E-state index < -0.39 is 0 Å². The molecule has 6 nitrogen and oxygen atoms in total.